The maximum Gasteiger partial charge on any atom is 0.255 e. The van der Waals surface area contributed by atoms with Gasteiger partial charge in [0.2, 0.25) is 0 Å². The summed E-state index contributed by atoms with van der Waals surface area (Å²) >= 11 is 0. The van der Waals surface area contributed by atoms with Gasteiger partial charge in [0.15, 0.2) is 0 Å². The first-order valence-corrected chi connectivity index (χ1v) is 5.92. The van der Waals surface area contributed by atoms with Gasteiger partial charge in [-0.1, -0.05) is 18.2 Å². The first kappa shape index (κ1) is 14.9. The normalized spacial score (nSPS) is 10.9. The van der Waals surface area contributed by atoms with Crippen molar-refractivity contribution >= 4 is 5.69 Å². The Labute approximate surface area is 107 Å². The second kappa shape index (κ2) is 8.00. The summed E-state index contributed by atoms with van der Waals surface area (Å²) < 4.78 is 29.7. The molecule has 0 saturated carbocycles. The number of nitrogens with one attached hydrogen (secondary N) is 1. The fourth-order valence-electron chi connectivity index (χ4n) is 1.74. The van der Waals surface area contributed by atoms with Gasteiger partial charge in [0.05, 0.1) is 13.2 Å². The van der Waals surface area contributed by atoms with E-state index in [1.807, 2.05) is 24.3 Å². The smallest absolute Gasteiger partial charge is 0.255 e. The van der Waals surface area contributed by atoms with E-state index in [9.17, 15) is 8.78 Å². The van der Waals surface area contributed by atoms with E-state index in [0.717, 1.165) is 17.8 Å². The first-order chi connectivity index (χ1) is 8.65. The highest BCUT2D eigenvalue weighted by Gasteiger charge is 2.11. The summed E-state index contributed by atoms with van der Waals surface area (Å²) in [5.41, 5.74) is 1.85. The van der Waals surface area contributed by atoms with Crippen molar-refractivity contribution in [1.82, 2.24) is 5.32 Å². The van der Waals surface area contributed by atoms with Crippen molar-refractivity contribution in [2.75, 3.05) is 38.8 Å². The monoisotopic (exact) mass is 258 g/mol. The molecule has 0 unspecified atom stereocenters. The quantitative estimate of drug-likeness (QED) is 0.723. The molecule has 0 aliphatic heterocycles. The SMILES string of the molecule is COCCNCc1ccccc1N(C)CC(F)F. The van der Waals surface area contributed by atoms with Crippen LogP contribution in [-0.2, 0) is 11.3 Å². The second-order valence-corrected chi connectivity index (χ2v) is 4.07. The van der Waals surface area contributed by atoms with Crippen molar-refractivity contribution in [3.05, 3.63) is 29.8 Å². The van der Waals surface area contributed by atoms with Crippen LogP contribution < -0.4 is 10.2 Å². The van der Waals surface area contributed by atoms with Crippen LogP contribution in [0.5, 0.6) is 0 Å². The Bertz CT molecular complexity index is 348. The Morgan fingerprint density at radius 3 is 2.72 bits per heavy atom. The van der Waals surface area contributed by atoms with Crippen molar-refractivity contribution in [2.45, 2.75) is 13.0 Å². The summed E-state index contributed by atoms with van der Waals surface area (Å²) in [4.78, 5) is 1.58. The number of alkyl halides is 2. The molecule has 0 aliphatic carbocycles. The van der Waals surface area contributed by atoms with E-state index in [1.165, 1.54) is 0 Å². The van der Waals surface area contributed by atoms with Crippen molar-refractivity contribution in [3.63, 3.8) is 0 Å². The fourth-order valence-corrected chi connectivity index (χ4v) is 1.74. The molecule has 0 amide bonds. The fraction of sp³-hybridized carbons (Fsp3) is 0.538. The van der Waals surface area contributed by atoms with Crippen LogP contribution in [-0.4, -0.2) is 40.3 Å². The van der Waals surface area contributed by atoms with Crippen molar-refractivity contribution < 1.29 is 13.5 Å². The average molecular weight is 258 g/mol. The van der Waals surface area contributed by atoms with Gasteiger partial charge in [-0.05, 0) is 11.6 Å². The lowest BCUT2D eigenvalue weighted by molar-refractivity contribution is 0.156. The zero-order valence-electron chi connectivity index (χ0n) is 10.8. The highest BCUT2D eigenvalue weighted by Crippen LogP contribution is 2.19. The number of methoxy groups -OCH3 is 1. The van der Waals surface area contributed by atoms with Crippen molar-refractivity contribution in [3.8, 4) is 0 Å². The number of ether oxygens (including phenoxy) is 1. The van der Waals surface area contributed by atoms with Crippen LogP contribution in [0.2, 0.25) is 0 Å². The van der Waals surface area contributed by atoms with Crippen LogP contribution in [0.25, 0.3) is 0 Å². The molecule has 0 heterocycles. The van der Waals surface area contributed by atoms with Gasteiger partial charge in [0, 0.05) is 32.9 Å². The van der Waals surface area contributed by atoms with Gasteiger partial charge in [-0.3, -0.25) is 0 Å². The first-order valence-electron chi connectivity index (χ1n) is 5.92. The van der Waals surface area contributed by atoms with Crippen molar-refractivity contribution in [2.24, 2.45) is 0 Å². The molecule has 18 heavy (non-hydrogen) atoms. The van der Waals surface area contributed by atoms with E-state index in [-0.39, 0.29) is 6.54 Å². The molecule has 1 N–H and O–H groups in total. The third kappa shape index (κ3) is 4.98. The Morgan fingerprint density at radius 2 is 2.06 bits per heavy atom. The number of hydrogen-bond acceptors (Lipinski definition) is 3. The van der Waals surface area contributed by atoms with Crippen LogP contribution in [0.1, 0.15) is 5.56 Å². The molecule has 102 valence electrons. The van der Waals surface area contributed by atoms with Gasteiger partial charge in [0.25, 0.3) is 6.43 Å². The Balaban J connectivity index is 2.61. The van der Waals surface area contributed by atoms with Crippen LogP contribution in [0.15, 0.2) is 24.3 Å². The van der Waals surface area contributed by atoms with Crippen LogP contribution in [0.3, 0.4) is 0 Å². The summed E-state index contributed by atoms with van der Waals surface area (Å²) in [7, 11) is 3.33. The molecule has 0 atom stereocenters. The van der Waals surface area contributed by atoms with E-state index >= 15 is 0 Å². The minimum atomic E-state index is -2.33. The maximum absolute atomic E-state index is 12.4. The number of benzene rings is 1. The maximum atomic E-state index is 12.4. The number of rotatable bonds is 8. The van der Waals surface area contributed by atoms with Gasteiger partial charge in [-0.15, -0.1) is 0 Å². The molecule has 1 aromatic rings. The standard InChI is InChI=1S/C13H20F2N2O/c1-17(10-13(14)15)12-6-4-3-5-11(12)9-16-7-8-18-2/h3-6,13,16H,7-10H2,1-2H3. The van der Waals surface area contributed by atoms with Gasteiger partial charge in [0.1, 0.15) is 0 Å². The number of hydrogen-bond donors (Lipinski definition) is 1. The number of para-hydroxylation sites is 1. The predicted molar refractivity (Wildman–Crippen MR) is 69.3 cm³/mol. The lowest BCUT2D eigenvalue weighted by Crippen LogP contribution is -2.26. The molecular weight excluding hydrogens is 238 g/mol. The van der Waals surface area contributed by atoms with Crippen LogP contribution in [0, 0.1) is 0 Å². The highest BCUT2D eigenvalue weighted by atomic mass is 19.3. The van der Waals surface area contributed by atoms with E-state index in [2.05, 4.69) is 5.32 Å². The molecule has 3 nitrogen and oxygen atoms in total. The molecule has 0 aliphatic rings. The number of nitrogens with zero attached hydrogens (tertiary/aromatic N) is 1. The number of anilines is 1. The summed E-state index contributed by atoms with van der Waals surface area (Å²) in [6, 6.07) is 7.57. The topological polar surface area (TPSA) is 24.5 Å². The van der Waals surface area contributed by atoms with Gasteiger partial charge in [-0.2, -0.15) is 0 Å². The molecule has 0 spiro atoms. The molecule has 0 saturated heterocycles. The van der Waals surface area contributed by atoms with E-state index in [4.69, 9.17) is 4.74 Å². The Kier molecular flexibility index (Phi) is 6.60. The van der Waals surface area contributed by atoms with E-state index < -0.39 is 6.43 Å². The molecule has 0 bridgehead atoms. The van der Waals surface area contributed by atoms with E-state index in [0.29, 0.717) is 13.2 Å². The second-order valence-electron chi connectivity index (χ2n) is 4.07. The Morgan fingerprint density at radius 1 is 1.33 bits per heavy atom. The van der Waals surface area contributed by atoms with Gasteiger partial charge < -0.3 is 15.0 Å². The molecule has 0 aromatic heterocycles. The summed E-state index contributed by atoms with van der Waals surface area (Å²) in [6.45, 7) is 1.76. The lowest BCUT2D eigenvalue weighted by atomic mass is 10.1. The lowest BCUT2D eigenvalue weighted by Gasteiger charge is -2.22. The zero-order chi connectivity index (χ0) is 13.4. The van der Waals surface area contributed by atoms with Crippen LogP contribution in [0.4, 0.5) is 14.5 Å². The van der Waals surface area contributed by atoms with Gasteiger partial charge >= 0.3 is 0 Å². The summed E-state index contributed by atoms with van der Waals surface area (Å²) in [5.74, 6) is 0. The number of halogens is 2. The zero-order valence-corrected chi connectivity index (χ0v) is 10.8. The molecule has 0 fully saturated rings. The third-order valence-electron chi connectivity index (χ3n) is 2.61. The molecule has 5 heteroatoms. The summed E-state index contributed by atoms with van der Waals surface area (Å²) in [5, 5.41) is 3.21. The third-order valence-corrected chi connectivity index (χ3v) is 2.61. The van der Waals surface area contributed by atoms with E-state index in [1.54, 1.807) is 19.1 Å². The largest absolute Gasteiger partial charge is 0.383 e. The average Bonchev–Trinajstić information content (AvgIpc) is 2.34. The predicted octanol–water partition coefficient (Wildman–Crippen LogP) is 2.12. The highest BCUT2D eigenvalue weighted by molar-refractivity contribution is 5.53. The molecular formula is C13H20F2N2O. The minimum Gasteiger partial charge on any atom is -0.383 e. The Hall–Kier alpha value is -1.20. The van der Waals surface area contributed by atoms with Gasteiger partial charge in [-0.25, -0.2) is 8.78 Å². The molecule has 1 aromatic carbocycles. The molecule has 0 radical (unpaired) electrons. The summed E-state index contributed by atoms with van der Waals surface area (Å²) in [6.07, 6.45) is -2.33. The minimum absolute atomic E-state index is 0.255. The van der Waals surface area contributed by atoms with Crippen LogP contribution >= 0.6 is 0 Å². The van der Waals surface area contributed by atoms with Crippen molar-refractivity contribution in [1.29, 1.82) is 0 Å². The molecule has 1 rings (SSSR count).